The average Bonchev–Trinajstić information content (AvgIpc) is 2.39. The molecule has 0 aliphatic heterocycles. The molecule has 106 valence electrons. The fourth-order valence-electron chi connectivity index (χ4n) is 1.77. The van der Waals surface area contributed by atoms with E-state index >= 15 is 0 Å². The van der Waals surface area contributed by atoms with Crippen LogP contribution in [0, 0.1) is 0 Å². The molecular formula is C14H21NO4. The predicted molar refractivity (Wildman–Crippen MR) is 72.2 cm³/mol. The van der Waals surface area contributed by atoms with Crippen LogP contribution in [0.5, 0.6) is 11.5 Å². The molecule has 0 fully saturated rings. The number of esters is 1. The van der Waals surface area contributed by atoms with Crippen molar-refractivity contribution in [3.63, 3.8) is 0 Å². The van der Waals surface area contributed by atoms with Gasteiger partial charge in [0, 0.05) is 12.5 Å². The Labute approximate surface area is 113 Å². The van der Waals surface area contributed by atoms with Gasteiger partial charge in [-0.25, -0.2) is 0 Å². The van der Waals surface area contributed by atoms with Gasteiger partial charge >= 0.3 is 5.97 Å². The minimum absolute atomic E-state index is 0.187. The van der Waals surface area contributed by atoms with E-state index in [0.29, 0.717) is 31.6 Å². The third-order valence-electron chi connectivity index (χ3n) is 2.79. The standard InChI is InChI=1S/C14H21NO4/c1-3-19-14(17)7-4-11(15)8-10-9-12(18-2)5-6-13(10)16/h5-6,9,11,16H,3-4,7-8,15H2,1-2H3. The molecule has 0 radical (unpaired) electrons. The summed E-state index contributed by atoms with van der Waals surface area (Å²) in [7, 11) is 1.57. The Kier molecular flexibility index (Phi) is 6.15. The van der Waals surface area contributed by atoms with Gasteiger partial charge < -0.3 is 20.3 Å². The van der Waals surface area contributed by atoms with E-state index in [0.717, 1.165) is 5.56 Å². The van der Waals surface area contributed by atoms with Gasteiger partial charge in [-0.1, -0.05) is 0 Å². The number of methoxy groups -OCH3 is 1. The van der Waals surface area contributed by atoms with Crippen LogP contribution in [0.2, 0.25) is 0 Å². The van der Waals surface area contributed by atoms with Crippen LogP contribution < -0.4 is 10.5 Å². The van der Waals surface area contributed by atoms with E-state index in [1.807, 2.05) is 0 Å². The summed E-state index contributed by atoms with van der Waals surface area (Å²) in [6, 6.07) is 4.80. The van der Waals surface area contributed by atoms with E-state index in [-0.39, 0.29) is 17.8 Å². The summed E-state index contributed by atoms with van der Waals surface area (Å²) in [4.78, 5) is 11.2. The number of phenolic OH excluding ortho intramolecular Hbond substituents is 1. The van der Waals surface area contributed by atoms with E-state index in [1.54, 1.807) is 32.2 Å². The first kappa shape index (κ1) is 15.3. The number of phenols is 1. The number of hydrogen-bond donors (Lipinski definition) is 2. The number of hydrogen-bond acceptors (Lipinski definition) is 5. The molecule has 0 heterocycles. The zero-order valence-electron chi connectivity index (χ0n) is 11.4. The number of nitrogens with two attached hydrogens (primary N) is 1. The van der Waals surface area contributed by atoms with Gasteiger partial charge in [-0.3, -0.25) is 4.79 Å². The second-order valence-corrected chi connectivity index (χ2v) is 4.30. The highest BCUT2D eigenvalue weighted by Crippen LogP contribution is 2.24. The smallest absolute Gasteiger partial charge is 0.305 e. The zero-order chi connectivity index (χ0) is 14.3. The summed E-state index contributed by atoms with van der Waals surface area (Å²) in [6.07, 6.45) is 1.30. The van der Waals surface area contributed by atoms with Gasteiger partial charge in [-0.2, -0.15) is 0 Å². The van der Waals surface area contributed by atoms with Crippen LogP contribution in [-0.2, 0) is 16.0 Å². The number of benzene rings is 1. The lowest BCUT2D eigenvalue weighted by atomic mass is 10.0. The third-order valence-corrected chi connectivity index (χ3v) is 2.79. The molecule has 0 saturated heterocycles. The van der Waals surface area contributed by atoms with Crippen LogP contribution in [0.15, 0.2) is 18.2 Å². The molecule has 5 heteroatoms. The van der Waals surface area contributed by atoms with Crippen LogP contribution >= 0.6 is 0 Å². The molecule has 0 bridgehead atoms. The summed E-state index contributed by atoms with van der Waals surface area (Å²) in [6.45, 7) is 2.15. The Balaban J connectivity index is 2.52. The molecule has 1 unspecified atom stereocenters. The fraction of sp³-hybridized carbons (Fsp3) is 0.500. The van der Waals surface area contributed by atoms with Crippen molar-refractivity contribution in [3.05, 3.63) is 23.8 Å². The quantitative estimate of drug-likeness (QED) is 0.733. The van der Waals surface area contributed by atoms with E-state index in [4.69, 9.17) is 15.2 Å². The monoisotopic (exact) mass is 267 g/mol. The van der Waals surface area contributed by atoms with Crippen LogP contribution in [0.1, 0.15) is 25.3 Å². The van der Waals surface area contributed by atoms with Crippen molar-refractivity contribution < 1.29 is 19.4 Å². The summed E-state index contributed by atoms with van der Waals surface area (Å²) < 4.78 is 9.93. The highest BCUT2D eigenvalue weighted by Gasteiger charge is 2.11. The maximum absolute atomic E-state index is 11.2. The lowest BCUT2D eigenvalue weighted by Gasteiger charge is -2.13. The number of rotatable bonds is 7. The average molecular weight is 267 g/mol. The molecule has 0 saturated carbocycles. The van der Waals surface area contributed by atoms with E-state index in [9.17, 15) is 9.90 Å². The van der Waals surface area contributed by atoms with Crippen molar-refractivity contribution in [3.8, 4) is 11.5 Å². The van der Waals surface area contributed by atoms with Crippen molar-refractivity contribution in [2.45, 2.75) is 32.2 Å². The van der Waals surface area contributed by atoms with Crippen molar-refractivity contribution >= 4 is 5.97 Å². The van der Waals surface area contributed by atoms with Gasteiger partial charge in [-0.05, 0) is 43.5 Å². The van der Waals surface area contributed by atoms with Gasteiger partial charge in [0.2, 0.25) is 0 Å². The van der Waals surface area contributed by atoms with Crippen LogP contribution in [0.4, 0.5) is 0 Å². The number of ether oxygens (including phenoxy) is 2. The second kappa shape index (κ2) is 7.63. The van der Waals surface area contributed by atoms with E-state index in [1.165, 1.54) is 0 Å². The molecule has 0 amide bonds. The Morgan fingerprint density at radius 2 is 2.21 bits per heavy atom. The Bertz CT molecular complexity index is 420. The van der Waals surface area contributed by atoms with Crippen LogP contribution in [0.25, 0.3) is 0 Å². The maximum atomic E-state index is 11.2. The maximum Gasteiger partial charge on any atom is 0.305 e. The Morgan fingerprint density at radius 3 is 2.84 bits per heavy atom. The normalized spacial score (nSPS) is 11.9. The second-order valence-electron chi connectivity index (χ2n) is 4.30. The summed E-state index contributed by atoms with van der Waals surface area (Å²) >= 11 is 0. The zero-order valence-corrected chi connectivity index (χ0v) is 11.4. The lowest BCUT2D eigenvalue weighted by Crippen LogP contribution is -2.24. The SMILES string of the molecule is CCOC(=O)CCC(N)Cc1cc(OC)ccc1O. The molecule has 5 nitrogen and oxygen atoms in total. The molecule has 1 rings (SSSR count). The first-order chi connectivity index (χ1) is 9.06. The van der Waals surface area contributed by atoms with Gasteiger partial charge in [0.25, 0.3) is 0 Å². The van der Waals surface area contributed by atoms with Crippen molar-refractivity contribution in [1.29, 1.82) is 0 Å². The van der Waals surface area contributed by atoms with Gasteiger partial charge in [-0.15, -0.1) is 0 Å². The third kappa shape index (κ3) is 5.18. The number of carbonyl (C=O) groups excluding carboxylic acids is 1. The minimum atomic E-state index is -0.243. The van der Waals surface area contributed by atoms with Crippen molar-refractivity contribution in [1.82, 2.24) is 0 Å². The lowest BCUT2D eigenvalue weighted by molar-refractivity contribution is -0.143. The Morgan fingerprint density at radius 1 is 1.47 bits per heavy atom. The number of aromatic hydroxyl groups is 1. The predicted octanol–water partition coefficient (Wildman–Crippen LogP) is 1.61. The molecule has 19 heavy (non-hydrogen) atoms. The van der Waals surface area contributed by atoms with Gasteiger partial charge in [0.05, 0.1) is 13.7 Å². The molecular weight excluding hydrogens is 246 g/mol. The molecule has 0 aliphatic rings. The largest absolute Gasteiger partial charge is 0.508 e. The minimum Gasteiger partial charge on any atom is -0.508 e. The van der Waals surface area contributed by atoms with Crippen LogP contribution in [-0.4, -0.2) is 30.8 Å². The summed E-state index contributed by atoms with van der Waals surface area (Å²) in [5, 5.41) is 9.74. The highest BCUT2D eigenvalue weighted by molar-refractivity contribution is 5.69. The molecule has 0 aromatic heterocycles. The highest BCUT2D eigenvalue weighted by atomic mass is 16.5. The molecule has 0 aliphatic carbocycles. The van der Waals surface area contributed by atoms with E-state index in [2.05, 4.69) is 0 Å². The van der Waals surface area contributed by atoms with E-state index < -0.39 is 0 Å². The van der Waals surface area contributed by atoms with Crippen molar-refractivity contribution in [2.24, 2.45) is 5.73 Å². The summed E-state index contributed by atoms with van der Waals surface area (Å²) in [5.74, 6) is 0.616. The number of carbonyl (C=O) groups is 1. The van der Waals surface area contributed by atoms with Gasteiger partial charge in [0.15, 0.2) is 0 Å². The first-order valence-corrected chi connectivity index (χ1v) is 6.33. The fourth-order valence-corrected chi connectivity index (χ4v) is 1.77. The first-order valence-electron chi connectivity index (χ1n) is 6.33. The van der Waals surface area contributed by atoms with Gasteiger partial charge in [0.1, 0.15) is 11.5 Å². The molecule has 0 spiro atoms. The Hall–Kier alpha value is -1.75. The molecule has 1 aromatic rings. The molecule has 1 atom stereocenters. The van der Waals surface area contributed by atoms with Crippen LogP contribution in [0.3, 0.4) is 0 Å². The molecule has 1 aromatic carbocycles. The molecule has 3 N–H and O–H groups in total. The topological polar surface area (TPSA) is 81.8 Å². The van der Waals surface area contributed by atoms with Crippen molar-refractivity contribution in [2.75, 3.05) is 13.7 Å². The summed E-state index contributed by atoms with van der Waals surface area (Å²) in [5.41, 5.74) is 6.67.